The number of amides is 2. The van der Waals surface area contributed by atoms with Crippen LogP contribution in [0.4, 0.5) is 5.69 Å². The third kappa shape index (κ3) is 2.21. The Labute approximate surface area is 188 Å². The molecule has 0 saturated carbocycles. The maximum Gasteiger partial charge on any atom is 0.285 e. The molecule has 0 aromatic heterocycles. The van der Waals surface area contributed by atoms with E-state index >= 15 is 0 Å². The first kappa shape index (κ1) is 19.5. The van der Waals surface area contributed by atoms with Crippen LogP contribution in [-0.4, -0.2) is 22.5 Å². The summed E-state index contributed by atoms with van der Waals surface area (Å²) in [7, 11) is 0. The minimum absolute atomic E-state index is 0.134. The van der Waals surface area contributed by atoms with Gasteiger partial charge in [-0.15, -0.1) is 0 Å². The number of hydrogen-bond acceptors (Lipinski definition) is 5. The molecule has 3 aliphatic carbocycles. The molecule has 3 aromatic carbocycles. The maximum atomic E-state index is 13.8. The molecule has 1 saturated heterocycles. The van der Waals surface area contributed by atoms with Gasteiger partial charge in [-0.1, -0.05) is 48.5 Å². The van der Waals surface area contributed by atoms with Gasteiger partial charge in [0, 0.05) is 27.5 Å². The van der Waals surface area contributed by atoms with Gasteiger partial charge in [0.2, 0.25) is 11.8 Å². The smallest absolute Gasteiger partial charge is 0.285 e. The summed E-state index contributed by atoms with van der Waals surface area (Å²) in [4.78, 5) is 52.8. The third-order valence-corrected chi connectivity index (χ3v) is 7.39. The number of nitrogens with zero attached hydrogens (tertiary/aromatic N) is 2. The Morgan fingerprint density at radius 1 is 0.879 bits per heavy atom. The number of rotatable bonds is 3. The van der Waals surface area contributed by atoms with Crippen LogP contribution < -0.4 is 4.90 Å². The van der Waals surface area contributed by atoms with E-state index in [9.17, 15) is 24.5 Å². The molecule has 0 N–H and O–H groups in total. The van der Waals surface area contributed by atoms with Crippen molar-refractivity contribution in [3.63, 3.8) is 0 Å². The van der Waals surface area contributed by atoms with Crippen LogP contribution in [0.25, 0.3) is 0 Å². The van der Waals surface area contributed by atoms with Gasteiger partial charge >= 0.3 is 0 Å². The molecule has 162 valence electrons. The fourth-order valence-corrected chi connectivity index (χ4v) is 6.14. The Kier molecular flexibility index (Phi) is 3.82. The first-order valence-electron chi connectivity index (χ1n) is 10.7. The van der Waals surface area contributed by atoms with Crippen molar-refractivity contribution in [2.45, 2.75) is 18.4 Å². The largest absolute Gasteiger partial charge is 0.295 e. The highest BCUT2D eigenvalue weighted by molar-refractivity contribution is 6.23. The van der Waals surface area contributed by atoms with Gasteiger partial charge in [0.15, 0.2) is 5.78 Å². The van der Waals surface area contributed by atoms with E-state index in [0.717, 1.165) is 16.0 Å². The van der Waals surface area contributed by atoms with Gasteiger partial charge < -0.3 is 0 Å². The van der Waals surface area contributed by atoms with Crippen LogP contribution in [0.5, 0.6) is 0 Å². The number of benzene rings is 3. The molecule has 1 fully saturated rings. The first-order valence-corrected chi connectivity index (χ1v) is 10.7. The van der Waals surface area contributed by atoms with Crippen molar-refractivity contribution in [2.75, 3.05) is 4.90 Å². The SMILES string of the molecule is CC(=O)c1ccc(N2C(=O)[C@@H]3[C@@H](C2=O)C2c4ccccc4C3([N+](=O)[O-])c3ccccc32)cc1. The quantitative estimate of drug-likeness (QED) is 0.269. The Bertz CT molecular complexity index is 1350. The fraction of sp³-hybridized carbons (Fsp3) is 0.192. The highest BCUT2D eigenvalue weighted by atomic mass is 16.6. The lowest BCUT2D eigenvalue weighted by molar-refractivity contribution is -0.578. The number of Topliss-reactive ketones (excluding diaryl/α,β-unsaturated/α-hetero) is 1. The lowest BCUT2D eigenvalue weighted by Crippen LogP contribution is -2.57. The van der Waals surface area contributed by atoms with Gasteiger partial charge in [-0.05, 0) is 42.3 Å². The summed E-state index contributed by atoms with van der Waals surface area (Å²) in [5.74, 6) is -3.62. The molecule has 2 atom stereocenters. The molecular formula is C26H18N2O5. The third-order valence-electron chi connectivity index (χ3n) is 7.39. The van der Waals surface area contributed by atoms with Gasteiger partial charge in [-0.3, -0.25) is 24.5 Å². The number of carbonyl (C=O) groups is 3. The highest BCUT2D eigenvalue weighted by Gasteiger charge is 2.74. The van der Waals surface area contributed by atoms with Crippen molar-refractivity contribution < 1.29 is 19.3 Å². The number of anilines is 1. The molecule has 7 nitrogen and oxygen atoms in total. The minimum atomic E-state index is -1.84. The lowest BCUT2D eigenvalue weighted by Gasteiger charge is -2.48. The molecule has 0 radical (unpaired) electrons. The zero-order chi connectivity index (χ0) is 23.1. The van der Waals surface area contributed by atoms with Crippen molar-refractivity contribution in [2.24, 2.45) is 11.8 Å². The van der Waals surface area contributed by atoms with Crippen molar-refractivity contribution in [1.29, 1.82) is 0 Å². The summed E-state index contributed by atoms with van der Waals surface area (Å²) in [6, 6.07) is 20.4. The monoisotopic (exact) mass is 438 g/mol. The number of imide groups is 1. The van der Waals surface area contributed by atoms with E-state index in [2.05, 4.69) is 0 Å². The van der Waals surface area contributed by atoms with E-state index in [1.54, 1.807) is 48.5 Å². The molecule has 7 rings (SSSR count). The second kappa shape index (κ2) is 6.45. The van der Waals surface area contributed by atoms with E-state index in [1.165, 1.54) is 6.92 Å². The van der Waals surface area contributed by atoms with Gasteiger partial charge in [0.25, 0.3) is 5.54 Å². The molecule has 4 aliphatic rings. The molecular weight excluding hydrogens is 420 g/mol. The molecule has 0 unspecified atom stereocenters. The van der Waals surface area contributed by atoms with Crippen LogP contribution in [0.3, 0.4) is 0 Å². The fourth-order valence-electron chi connectivity index (χ4n) is 6.14. The predicted molar refractivity (Wildman–Crippen MR) is 118 cm³/mol. The Morgan fingerprint density at radius 3 is 1.94 bits per heavy atom. The van der Waals surface area contributed by atoms with Crippen LogP contribution in [0, 0.1) is 22.0 Å². The molecule has 2 amide bonds. The van der Waals surface area contributed by atoms with Crippen molar-refractivity contribution in [1.82, 2.24) is 0 Å². The minimum Gasteiger partial charge on any atom is -0.295 e. The Balaban J connectivity index is 1.61. The van der Waals surface area contributed by atoms with Crippen LogP contribution in [0.2, 0.25) is 0 Å². The van der Waals surface area contributed by atoms with Crippen molar-refractivity contribution in [3.8, 4) is 0 Å². The van der Waals surface area contributed by atoms with E-state index in [0.29, 0.717) is 22.4 Å². The standard InChI is InChI=1S/C26H18N2O5/c1-14(29)15-10-12-16(13-11-15)27-24(30)22-21-17-6-2-4-8-19(17)26(28(32)33,23(22)25(27)31)20-9-5-3-7-18(20)21/h2-13,21-23H,1H3/t21?,22-,23-,26?/m0/s1. The van der Waals surface area contributed by atoms with Gasteiger partial charge in [-0.25, -0.2) is 4.90 Å². The molecule has 3 aromatic rings. The zero-order valence-corrected chi connectivity index (χ0v) is 17.6. The van der Waals surface area contributed by atoms with Gasteiger partial charge in [-0.2, -0.15) is 0 Å². The normalized spacial score (nSPS) is 26.6. The van der Waals surface area contributed by atoms with Crippen molar-refractivity contribution in [3.05, 3.63) is 111 Å². The summed E-state index contributed by atoms with van der Waals surface area (Å²) in [5.41, 5.74) is 1.35. The summed E-state index contributed by atoms with van der Waals surface area (Å²) in [6.45, 7) is 1.43. The van der Waals surface area contributed by atoms with Crippen LogP contribution in [-0.2, 0) is 15.1 Å². The number of hydrogen-bond donors (Lipinski definition) is 0. The molecule has 0 spiro atoms. The second-order valence-electron chi connectivity index (χ2n) is 8.79. The average molecular weight is 438 g/mol. The first-order chi connectivity index (χ1) is 15.9. The summed E-state index contributed by atoms with van der Waals surface area (Å²) < 4.78 is 0. The number of carbonyl (C=O) groups excluding carboxylic acids is 3. The van der Waals surface area contributed by atoms with Crippen molar-refractivity contribution >= 4 is 23.3 Å². The van der Waals surface area contributed by atoms with E-state index in [1.807, 2.05) is 24.3 Å². The van der Waals surface area contributed by atoms with Crippen LogP contribution >= 0.6 is 0 Å². The number of nitro groups is 1. The molecule has 7 heteroatoms. The van der Waals surface area contributed by atoms with Crippen LogP contribution in [0.1, 0.15) is 45.5 Å². The Morgan fingerprint density at radius 2 is 1.42 bits per heavy atom. The summed E-state index contributed by atoms with van der Waals surface area (Å²) in [6.07, 6.45) is 0. The predicted octanol–water partition coefficient (Wildman–Crippen LogP) is 3.67. The topological polar surface area (TPSA) is 97.6 Å². The maximum absolute atomic E-state index is 13.8. The second-order valence-corrected chi connectivity index (χ2v) is 8.79. The molecule has 2 bridgehead atoms. The Hall–Kier alpha value is -4.13. The average Bonchev–Trinajstić information content (AvgIpc) is 3.09. The van der Waals surface area contributed by atoms with Gasteiger partial charge in [0.05, 0.1) is 11.6 Å². The highest BCUT2D eigenvalue weighted by Crippen LogP contribution is 2.64. The van der Waals surface area contributed by atoms with Crippen LogP contribution in [0.15, 0.2) is 72.8 Å². The van der Waals surface area contributed by atoms with Gasteiger partial charge in [0.1, 0.15) is 5.92 Å². The number of ketones is 1. The molecule has 1 aliphatic heterocycles. The zero-order valence-electron chi connectivity index (χ0n) is 17.6. The summed E-state index contributed by atoms with van der Waals surface area (Å²) in [5, 5.41) is 12.9. The van der Waals surface area contributed by atoms with E-state index < -0.39 is 35.1 Å². The van der Waals surface area contributed by atoms with E-state index in [-0.39, 0.29) is 10.7 Å². The van der Waals surface area contributed by atoms with E-state index in [4.69, 9.17) is 0 Å². The molecule has 33 heavy (non-hydrogen) atoms. The lowest BCUT2D eigenvalue weighted by atomic mass is 9.51. The molecule has 1 heterocycles. The summed E-state index contributed by atoms with van der Waals surface area (Å²) >= 11 is 0.